The molecule has 2 rings (SSSR count). The van der Waals surface area contributed by atoms with Crippen molar-refractivity contribution in [2.75, 3.05) is 6.26 Å². The van der Waals surface area contributed by atoms with Crippen LogP contribution in [0.1, 0.15) is 18.1 Å². The molecule has 0 saturated carbocycles. The molecule has 0 bridgehead atoms. The van der Waals surface area contributed by atoms with E-state index in [9.17, 15) is 9.18 Å². The number of hydrogen-bond acceptors (Lipinski definition) is 3. The Kier molecular flexibility index (Phi) is 6.99. The summed E-state index contributed by atoms with van der Waals surface area (Å²) >= 11 is 3.33. The molecule has 122 valence electrons. The van der Waals surface area contributed by atoms with Crippen LogP contribution in [0.2, 0.25) is 0 Å². The van der Waals surface area contributed by atoms with Gasteiger partial charge in [-0.3, -0.25) is 4.79 Å². The third-order valence-electron chi connectivity index (χ3n) is 3.41. The monoisotopic (exact) mass is 349 g/mol. The van der Waals surface area contributed by atoms with Gasteiger partial charge in [-0.1, -0.05) is 24.3 Å². The summed E-state index contributed by atoms with van der Waals surface area (Å²) in [7, 11) is 0. The van der Waals surface area contributed by atoms with Crippen molar-refractivity contribution in [2.45, 2.75) is 29.4 Å². The van der Waals surface area contributed by atoms with Gasteiger partial charge >= 0.3 is 0 Å². The Morgan fingerprint density at radius 2 is 1.70 bits per heavy atom. The molecule has 0 spiro atoms. The van der Waals surface area contributed by atoms with Gasteiger partial charge in [-0.2, -0.15) is 0 Å². The van der Waals surface area contributed by atoms with Gasteiger partial charge in [0, 0.05) is 17.2 Å². The third-order valence-corrected chi connectivity index (χ3v) is 5.37. The summed E-state index contributed by atoms with van der Waals surface area (Å²) in [6.07, 6.45) is 2.05. The number of rotatable bonds is 7. The number of benzene rings is 2. The maximum Gasteiger partial charge on any atom is 0.233 e. The third kappa shape index (κ3) is 5.92. The standard InChI is InChI=1S/C18H20FNOS2/c1-13(23-12-15-5-9-17(22-2)10-6-15)18(21)20-11-14-3-7-16(19)8-4-14/h3-10,13H,11-12H2,1-2H3,(H,20,21). The van der Waals surface area contributed by atoms with Crippen LogP contribution >= 0.6 is 23.5 Å². The molecule has 0 radical (unpaired) electrons. The quantitative estimate of drug-likeness (QED) is 0.747. The van der Waals surface area contributed by atoms with Gasteiger partial charge in [0.05, 0.1) is 5.25 Å². The normalized spacial score (nSPS) is 12.0. The minimum absolute atomic E-state index is 0.0000545. The molecule has 1 N–H and O–H groups in total. The van der Waals surface area contributed by atoms with Gasteiger partial charge in [0.15, 0.2) is 0 Å². The molecule has 0 aliphatic rings. The predicted octanol–water partition coefficient (Wildman–Crippen LogP) is 4.49. The fourth-order valence-electron chi connectivity index (χ4n) is 1.95. The van der Waals surface area contributed by atoms with Crippen molar-refractivity contribution >= 4 is 29.4 Å². The highest BCUT2D eigenvalue weighted by molar-refractivity contribution is 7.99. The summed E-state index contributed by atoms with van der Waals surface area (Å²) in [5.41, 5.74) is 2.11. The smallest absolute Gasteiger partial charge is 0.233 e. The zero-order valence-corrected chi connectivity index (χ0v) is 14.8. The number of halogens is 1. The molecule has 2 aromatic rings. The van der Waals surface area contributed by atoms with Crippen LogP contribution in [-0.2, 0) is 17.1 Å². The van der Waals surface area contributed by atoms with E-state index in [2.05, 4.69) is 35.8 Å². The summed E-state index contributed by atoms with van der Waals surface area (Å²) in [5.74, 6) is 0.538. The van der Waals surface area contributed by atoms with Gasteiger partial charge in [0.1, 0.15) is 5.82 Å². The van der Waals surface area contributed by atoms with Crippen LogP contribution in [0.5, 0.6) is 0 Å². The summed E-state index contributed by atoms with van der Waals surface area (Å²) in [5, 5.41) is 2.76. The summed E-state index contributed by atoms with van der Waals surface area (Å²) in [4.78, 5) is 13.3. The molecule has 2 nitrogen and oxygen atoms in total. The molecule has 1 amide bonds. The molecule has 1 atom stereocenters. The highest BCUT2D eigenvalue weighted by Crippen LogP contribution is 2.21. The second-order valence-corrected chi connectivity index (χ2v) is 7.35. The van der Waals surface area contributed by atoms with Crippen LogP contribution in [0.15, 0.2) is 53.4 Å². The first-order valence-corrected chi connectivity index (χ1v) is 9.62. The Morgan fingerprint density at radius 3 is 2.30 bits per heavy atom. The molecule has 0 aliphatic carbocycles. The van der Waals surface area contributed by atoms with Crippen molar-refractivity contribution in [1.82, 2.24) is 5.32 Å². The van der Waals surface area contributed by atoms with Crippen molar-refractivity contribution in [3.63, 3.8) is 0 Å². The molecule has 23 heavy (non-hydrogen) atoms. The first kappa shape index (κ1) is 17.9. The zero-order chi connectivity index (χ0) is 16.7. The molecule has 0 aliphatic heterocycles. The van der Waals surface area contributed by atoms with Crippen molar-refractivity contribution in [3.8, 4) is 0 Å². The Balaban J connectivity index is 1.76. The second-order valence-electron chi connectivity index (χ2n) is 5.15. The molecular weight excluding hydrogens is 329 g/mol. The average molecular weight is 349 g/mol. The lowest BCUT2D eigenvalue weighted by molar-refractivity contribution is -0.120. The topological polar surface area (TPSA) is 29.1 Å². The molecule has 1 unspecified atom stereocenters. The molecule has 0 heterocycles. The highest BCUT2D eigenvalue weighted by atomic mass is 32.2. The fourth-order valence-corrected chi connectivity index (χ4v) is 3.23. The van der Waals surface area contributed by atoms with Crippen LogP contribution in [-0.4, -0.2) is 17.4 Å². The second kappa shape index (κ2) is 8.99. The minimum Gasteiger partial charge on any atom is -0.351 e. The van der Waals surface area contributed by atoms with Crippen LogP contribution in [0, 0.1) is 5.82 Å². The van der Waals surface area contributed by atoms with Gasteiger partial charge in [-0.05, 0) is 48.6 Å². The van der Waals surface area contributed by atoms with E-state index in [1.54, 1.807) is 35.7 Å². The lowest BCUT2D eigenvalue weighted by atomic mass is 10.2. The SMILES string of the molecule is CSc1ccc(CSC(C)C(=O)NCc2ccc(F)cc2)cc1. The fraction of sp³-hybridized carbons (Fsp3) is 0.278. The lowest BCUT2D eigenvalue weighted by Crippen LogP contribution is -2.30. The Hall–Kier alpha value is -1.46. The van der Waals surface area contributed by atoms with Crippen LogP contribution < -0.4 is 5.32 Å². The number of amides is 1. The number of carbonyl (C=O) groups excluding carboxylic acids is 1. The largest absolute Gasteiger partial charge is 0.351 e. The van der Waals surface area contributed by atoms with Gasteiger partial charge < -0.3 is 5.32 Å². The summed E-state index contributed by atoms with van der Waals surface area (Å²) in [6, 6.07) is 14.6. The van der Waals surface area contributed by atoms with Crippen molar-refractivity contribution in [3.05, 3.63) is 65.5 Å². The number of thioether (sulfide) groups is 2. The van der Waals surface area contributed by atoms with Crippen LogP contribution in [0.3, 0.4) is 0 Å². The average Bonchev–Trinajstić information content (AvgIpc) is 2.59. The molecular formula is C18H20FNOS2. The molecule has 0 fully saturated rings. The first-order valence-electron chi connectivity index (χ1n) is 7.35. The van der Waals surface area contributed by atoms with Gasteiger partial charge in [0.2, 0.25) is 5.91 Å². The van der Waals surface area contributed by atoms with E-state index < -0.39 is 0 Å². The molecule has 0 saturated heterocycles. The summed E-state index contributed by atoms with van der Waals surface area (Å²) in [6.45, 7) is 2.33. The van der Waals surface area contributed by atoms with E-state index >= 15 is 0 Å². The maximum atomic E-state index is 12.8. The minimum atomic E-state index is -0.267. The van der Waals surface area contributed by atoms with Crippen molar-refractivity contribution < 1.29 is 9.18 Å². The van der Waals surface area contributed by atoms with E-state index in [4.69, 9.17) is 0 Å². The Morgan fingerprint density at radius 1 is 1.09 bits per heavy atom. The predicted molar refractivity (Wildman–Crippen MR) is 97.2 cm³/mol. The first-order chi connectivity index (χ1) is 11.1. The maximum absolute atomic E-state index is 12.8. The van der Waals surface area contributed by atoms with E-state index in [-0.39, 0.29) is 17.0 Å². The van der Waals surface area contributed by atoms with Gasteiger partial charge in [0.25, 0.3) is 0 Å². The van der Waals surface area contributed by atoms with E-state index in [0.717, 1.165) is 11.3 Å². The molecule has 0 aromatic heterocycles. The Bertz CT molecular complexity index is 628. The number of nitrogens with one attached hydrogen (secondary N) is 1. The highest BCUT2D eigenvalue weighted by Gasteiger charge is 2.13. The van der Waals surface area contributed by atoms with Crippen molar-refractivity contribution in [2.24, 2.45) is 0 Å². The molecule has 5 heteroatoms. The summed E-state index contributed by atoms with van der Waals surface area (Å²) < 4.78 is 12.8. The number of hydrogen-bond donors (Lipinski definition) is 1. The van der Waals surface area contributed by atoms with E-state index in [1.165, 1.54) is 22.6 Å². The number of carbonyl (C=O) groups is 1. The van der Waals surface area contributed by atoms with Crippen LogP contribution in [0.4, 0.5) is 4.39 Å². The van der Waals surface area contributed by atoms with Gasteiger partial charge in [-0.15, -0.1) is 23.5 Å². The Labute approximate surface area is 145 Å². The van der Waals surface area contributed by atoms with Crippen molar-refractivity contribution in [1.29, 1.82) is 0 Å². The lowest BCUT2D eigenvalue weighted by Gasteiger charge is -2.12. The zero-order valence-electron chi connectivity index (χ0n) is 13.2. The van der Waals surface area contributed by atoms with E-state index in [1.807, 2.05) is 6.92 Å². The van der Waals surface area contributed by atoms with Crippen LogP contribution in [0.25, 0.3) is 0 Å². The van der Waals surface area contributed by atoms with Gasteiger partial charge in [-0.25, -0.2) is 4.39 Å². The molecule has 2 aromatic carbocycles. The van der Waals surface area contributed by atoms with E-state index in [0.29, 0.717) is 6.54 Å².